The Morgan fingerprint density at radius 3 is 2.62 bits per heavy atom. The maximum absolute atomic E-state index is 11.2. The van der Waals surface area contributed by atoms with E-state index >= 15 is 0 Å². The van der Waals surface area contributed by atoms with Crippen LogP contribution in [0.4, 0.5) is 0 Å². The minimum Gasteiger partial charge on any atom is -0.383 e. The molecule has 0 aromatic heterocycles. The van der Waals surface area contributed by atoms with Crippen LogP contribution in [0.2, 0.25) is 0 Å². The van der Waals surface area contributed by atoms with Crippen molar-refractivity contribution in [2.24, 2.45) is 0 Å². The van der Waals surface area contributed by atoms with E-state index in [9.17, 15) is 4.79 Å². The van der Waals surface area contributed by atoms with Gasteiger partial charge in [-0.3, -0.25) is 4.79 Å². The van der Waals surface area contributed by atoms with E-state index < -0.39 is 0 Å². The highest BCUT2D eigenvalue weighted by molar-refractivity contribution is 5.75. The standard InChI is InChI=1S/C11H24N2O3/c1-3-8-16-10-6-12-5-4-11(14)13-7-9-15-2/h12H,3-10H2,1-2H3,(H,13,14). The summed E-state index contributed by atoms with van der Waals surface area (Å²) < 4.78 is 10.1. The number of rotatable bonds is 11. The van der Waals surface area contributed by atoms with Crippen molar-refractivity contribution in [3.05, 3.63) is 0 Å². The lowest BCUT2D eigenvalue weighted by molar-refractivity contribution is -0.121. The molecule has 0 heterocycles. The molecule has 5 heteroatoms. The first-order chi connectivity index (χ1) is 7.81. The summed E-state index contributed by atoms with van der Waals surface area (Å²) in [5, 5.41) is 5.91. The summed E-state index contributed by atoms with van der Waals surface area (Å²) in [6.45, 7) is 6.22. The predicted octanol–water partition coefficient (Wildman–Crippen LogP) is 0.155. The molecule has 2 N–H and O–H groups in total. The van der Waals surface area contributed by atoms with Crippen LogP contribution in [0, 0.1) is 0 Å². The summed E-state index contributed by atoms with van der Waals surface area (Å²) in [6, 6.07) is 0. The van der Waals surface area contributed by atoms with Gasteiger partial charge in [-0.15, -0.1) is 0 Å². The largest absolute Gasteiger partial charge is 0.383 e. The molecule has 0 spiro atoms. The molecule has 0 rings (SSSR count). The molecular weight excluding hydrogens is 208 g/mol. The molecule has 96 valence electrons. The van der Waals surface area contributed by atoms with Crippen molar-refractivity contribution in [3.63, 3.8) is 0 Å². The fourth-order valence-corrected chi connectivity index (χ4v) is 1.10. The van der Waals surface area contributed by atoms with Crippen molar-refractivity contribution < 1.29 is 14.3 Å². The highest BCUT2D eigenvalue weighted by Gasteiger charge is 1.98. The molecule has 0 saturated heterocycles. The Kier molecular flexibility index (Phi) is 11.9. The lowest BCUT2D eigenvalue weighted by Crippen LogP contribution is -2.31. The van der Waals surface area contributed by atoms with Crippen molar-refractivity contribution in [2.45, 2.75) is 19.8 Å². The molecule has 0 unspecified atom stereocenters. The van der Waals surface area contributed by atoms with Crippen LogP contribution in [0.5, 0.6) is 0 Å². The quantitative estimate of drug-likeness (QED) is 0.498. The Morgan fingerprint density at radius 1 is 1.12 bits per heavy atom. The monoisotopic (exact) mass is 232 g/mol. The minimum atomic E-state index is 0.0547. The molecule has 0 fully saturated rings. The number of hydrogen-bond acceptors (Lipinski definition) is 4. The highest BCUT2D eigenvalue weighted by atomic mass is 16.5. The van der Waals surface area contributed by atoms with Gasteiger partial charge in [-0.05, 0) is 6.42 Å². The molecular formula is C11H24N2O3. The normalized spacial score (nSPS) is 10.4. The first-order valence-corrected chi connectivity index (χ1v) is 5.85. The molecule has 0 bridgehead atoms. The second kappa shape index (κ2) is 12.4. The van der Waals surface area contributed by atoms with E-state index in [2.05, 4.69) is 17.6 Å². The zero-order chi connectivity index (χ0) is 12.1. The summed E-state index contributed by atoms with van der Waals surface area (Å²) in [5.41, 5.74) is 0. The average Bonchev–Trinajstić information content (AvgIpc) is 2.28. The van der Waals surface area contributed by atoms with Crippen LogP contribution in [0.3, 0.4) is 0 Å². The van der Waals surface area contributed by atoms with Crippen molar-refractivity contribution in [3.8, 4) is 0 Å². The van der Waals surface area contributed by atoms with Gasteiger partial charge in [-0.1, -0.05) is 6.92 Å². The molecule has 0 aromatic rings. The summed E-state index contributed by atoms with van der Waals surface area (Å²) in [5.74, 6) is 0.0547. The lowest BCUT2D eigenvalue weighted by atomic mass is 10.4. The Balaban J connectivity index is 3.09. The zero-order valence-corrected chi connectivity index (χ0v) is 10.4. The Bertz CT molecular complexity index is 165. The Morgan fingerprint density at radius 2 is 1.94 bits per heavy atom. The lowest BCUT2D eigenvalue weighted by Gasteiger charge is -2.06. The molecule has 0 radical (unpaired) electrons. The maximum Gasteiger partial charge on any atom is 0.221 e. The van der Waals surface area contributed by atoms with E-state index in [0.717, 1.165) is 19.6 Å². The fourth-order valence-electron chi connectivity index (χ4n) is 1.10. The van der Waals surface area contributed by atoms with Gasteiger partial charge in [0.2, 0.25) is 5.91 Å². The first kappa shape index (κ1) is 15.3. The molecule has 16 heavy (non-hydrogen) atoms. The van der Waals surface area contributed by atoms with E-state index in [1.165, 1.54) is 0 Å². The maximum atomic E-state index is 11.2. The molecule has 0 aliphatic rings. The number of carbonyl (C=O) groups excluding carboxylic acids is 1. The van der Waals surface area contributed by atoms with E-state index in [-0.39, 0.29) is 5.91 Å². The topological polar surface area (TPSA) is 59.6 Å². The summed E-state index contributed by atoms with van der Waals surface area (Å²) >= 11 is 0. The zero-order valence-electron chi connectivity index (χ0n) is 10.4. The van der Waals surface area contributed by atoms with Crippen molar-refractivity contribution in [1.82, 2.24) is 10.6 Å². The number of amides is 1. The second-order valence-electron chi connectivity index (χ2n) is 3.46. The third-order valence-electron chi connectivity index (χ3n) is 1.93. The van der Waals surface area contributed by atoms with E-state index in [0.29, 0.717) is 32.7 Å². The Hall–Kier alpha value is -0.650. The van der Waals surface area contributed by atoms with Crippen LogP contribution < -0.4 is 10.6 Å². The van der Waals surface area contributed by atoms with Crippen LogP contribution in [0.25, 0.3) is 0 Å². The molecule has 0 atom stereocenters. The summed E-state index contributed by atoms with van der Waals surface area (Å²) in [7, 11) is 1.62. The van der Waals surface area contributed by atoms with Gasteiger partial charge in [0.1, 0.15) is 0 Å². The second-order valence-corrected chi connectivity index (χ2v) is 3.46. The molecule has 0 saturated carbocycles. The van der Waals surface area contributed by atoms with Gasteiger partial charge in [0.15, 0.2) is 0 Å². The van der Waals surface area contributed by atoms with Gasteiger partial charge in [0.25, 0.3) is 0 Å². The fraction of sp³-hybridized carbons (Fsp3) is 0.909. The van der Waals surface area contributed by atoms with Gasteiger partial charge < -0.3 is 20.1 Å². The Labute approximate surface area is 97.9 Å². The third-order valence-corrected chi connectivity index (χ3v) is 1.93. The van der Waals surface area contributed by atoms with Gasteiger partial charge in [0, 0.05) is 39.8 Å². The average molecular weight is 232 g/mol. The summed E-state index contributed by atoms with van der Waals surface area (Å²) in [4.78, 5) is 11.2. The van der Waals surface area contributed by atoms with Crippen LogP contribution in [-0.4, -0.2) is 52.5 Å². The van der Waals surface area contributed by atoms with Gasteiger partial charge >= 0.3 is 0 Å². The van der Waals surface area contributed by atoms with Crippen molar-refractivity contribution >= 4 is 5.91 Å². The molecule has 0 aromatic carbocycles. The van der Waals surface area contributed by atoms with Crippen LogP contribution >= 0.6 is 0 Å². The SMILES string of the molecule is CCCOCCNCCC(=O)NCCOC. The highest BCUT2D eigenvalue weighted by Crippen LogP contribution is 1.80. The van der Waals surface area contributed by atoms with Crippen molar-refractivity contribution in [2.75, 3.05) is 46.6 Å². The number of carbonyl (C=O) groups is 1. The van der Waals surface area contributed by atoms with Crippen LogP contribution in [0.15, 0.2) is 0 Å². The number of hydrogen-bond donors (Lipinski definition) is 2. The van der Waals surface area contributed by atoms with E-state index in [1.807, 2.05) is 0 Å². The number of ether oxygens (including phenoxy) is 2. The van der Waals surface area contributed by atoms with Crippen molar-refractivity contribution in [1.29, 1.82) is 0 Å². The van der Waals surface area contributed by atoms with Crippen LogP contribution in [0.1, 0.15) is 19.8 Å². The van der Waals surface area contributed by atoms with Gasteiger partial charge in [0.05, 0.1) is 13.2 Å². The predicted molar refractivity (Wildman–Crippen MR) is 63.5 cm³/mol. The first-order valence-electron chi connectivity index (χ1n) is 5.85. The smallest absolute Gasteiger partial charge is 0.221 e. The third kappa shape index (κ3) is 11.4. The van der Waals surface area contributed by atoms with Crippen LogP contribution in [-0.2, 0) is 14.3 Å². The van der Waals surface area contributed by atoms with E-state index in [4.69, 9.17) is 9.47 Å². The number of methoxy groups -OCH3 is 1. The molecule has 0 aliphatic carbocycles. The van der Waals surface area contributed by atoms with E-state index in [1.54, 1.807) is 7.11 Å². The minimum absolute atomic E-state index is 0.0547. The number of nitrogens with one attached hydrogen (secondary N) is 2. The van der Waals surface area contributed by atoms with Gasteiger partial charge in [-0.25, -0.2) is 0 Å². The molecule has 1 amide bonds. The molecule has 5 nitrogen and oxygen atoms in total. The molecule has 0 aliphatic heterocycles. The summed E-state index contributed by atoms with van der Waals surface area (Å²) in [6.07, 6.45) is 1.54. The van der Waals surface area contributed by atoms with Gasteiger partial charge in [-0.2, -0.15) is 0 Å².